The molecule has 0 heterocycles. The molecule has 0 atom stereocenters. The van der Waals surface area contributed by atoms with E-state index in [1.807, 2.05) is 0 Å². The molecular weight excluding hydrogens is 495 g/mol. The fourth-order valence-electron chi connectivity index (χ4n) is 3.55. The predicted octanol–water partition coefficient (Wildman–Crippen LogP) is 3.80. The number of rotatable bonds is 8. The number of nitro groups is 1. The van der Waals surface area contributed by atoms with E-state index in [1.165, 1.54) is 80.9 Å². The summed E-state index contributed by atoms with van der Waals surface area (Å²) in [7, 11) is 2.98. The third-order valence-corrected chi connectivity index (χ3v) is 5.45. The molecule has 4 rings (SSSR count). The van der Waals surface area contributed by atoms with Crippen molar-refractivity contribution < 1.29 is 33.7 Å². The fourth-order valence-corrected chi connectivity index (χ4v) is 3.55. The number of halogens is 1. The Hall–Kier alpha value is -5.25. The first kappa shape index (κ1) is 25.8. The summed E-state index contributed by atoms with van der Waals surface area (Å²) in [4.78, 5) is 10.8. The van der Waals surface area contributed by atoms with Crippen LogP contribution >= 0.6 is 0 Å². The summed E-state index contributed by atoms with van der Waals surface area (Å²) in [6.45, 7) is 0. The summed E-state index contributed by atoms with van der Waals surface area (Å²) in [5.41, 5.74) is 0.262. The predicted molar refractivity (Wildman–Crippen MR) is 137 cm³/mol. The molecule has 9 nitrogen and oxygen atoms in total. The van der Waals surface area contributed by atoms with Crippen LogP contribution in [-0.4, -0.2) is 24.2 Å². The van der Waals surface area contributed by atoms with E-state index >= 15 is 0 Å². The molecule has 194 valence electrons. The topological polar surface area (TPSA) is 126 Å². The van der Waals surface area contributed by atoms with Crippen molar-refractivity contribution >= 4 is 23.0 Å². The number of non-ortho nitro benzene ring substituents is 1. The number of nitrogens with one attached hydrogen (secondary N) is 1. The first-order chi connectivity index (χ1) is 18.2. The van der Waals surface area contributed by atoms with Crippen molar-refractivity contribution in [1.29, 1.82) is 0 Å². The lowest BCUT2D eigenvalue weighted by Gasteiger charge is -2.15. The van der Waals surface area contributed by atoms with Crippen LogP contribution in [0.3, 0.4) is 0 Å². The Morgan fingerprint density at radius 2 is 1.42 bits per heavy atom. The zero-order valence-electron chi connectivity index (χ0n) is 20.3. The zero-order chi connectivity index (χ0) is 27.2. The largest absolute Gasteiger partial charge is 0.872 e. The molecule has 0 amide bonds. The van der Waals surface area contributed by atoms with Crippen molar-refractivity contribution in [2.24, 2.45) is 0 Å². The van der Waals surface area contributed by atoms with E-state index < -0.39 is 10.7 Å². The molecule has 38 heavy (non-hydrogen) atoms. The van der Waals surface area contributed by atoms with Crippen molar-refractivity contribution in [2.45, 2.75) is 0 Å². The molecule has 0 bridgehead atoms. The minimum atomic E-state index is -0.603. The van der Waals surface area contributed by atoms with E-state index in [4.69, 9.17) is 14.2 Å². The quantitative estimate of drug-likeness (QED) is 0.267. The highest BCUT2D eigenvalue weighted by Gasteiger charge is 2.12. The van der Waals surface area contributed by atoms with E-state index in [1.54, 1.807) is 18.2 Å². The first-order valence-corrected chi connectivity index (χ1v) is 11.2. The van der Waals surface area contributed by atoms with Gasteiger partial charge in [-0.15, -0.1) is 0 Å². The first-order valence-electron chi connectivity index (χ1n) is 11.2. The van der Waals surface area contributed by atoms with Gasteiger partial charge in [0, 0.05) is 23.4 Å². The van der Waals surface area contributed by atoms with Gasteiger partial charge in [-0.05, 0) is 59.3 Å². The monoisotopic (exact) mass is 517 g/mol. The van der Waals surface area contributed by atoms with Crippen LogP contribution in [0.5, 0.6) is 23.0 Å². The average Bonchev–Trinajstić information content (AvgIpc) is 2.93. The number of aliphatic hydroxyl groups is 1. The molecule has 0 spiro atoms. The number of hydrogen-bond acceptors (Lipinski definition) is 8. The minimum Gasteiger partial charge on any atom is -0.872 e. The van der Waals surface area contributed by atoms with Crippen LogP contribution in [0.25, 0.3) is 11.6 Å². The average molecular weight is 517 g/mol. The Morgan fingerprint density at radius 1 is 0.816 bits per heavy atom. The second-order valence-electron chi connectivity index (χ2n) is 8.01. The van der Waals surface area contributed by atoms with Gasteiger partial charge in [-0.3, -0.25) is 10.1 Å². The molecule has 0 saturated heterocycles. The highest BCUT2D eigenvalue weighted by molar-refractivity contribution is 5.66. The molecule has 0 saturated carbocycles. The van der Waals surface area contributed by atoms with Gasteiger partial charge >= 0.3 is 0 Å². The maximum Gasteiger partial charge on any atom is 0.275 e. The van der Waals surface area contributed by atoms with Crippen LogP contribution in [0.4, 0.5) is 15.8 Å². The third kappa shape index (κ3) is 6.11. The lowest BCUT2D eigenvalue weighted by molar-refractivity contribution is -0.384. The SMILES string of the molecule is COc1cc(OC)cc(C([O-])=c2ccc(=C(O)Nc3cc(Oc4ccc(F)cc4)cc([N+](=O)[O-])c3)cc2)c1. The number of methoxy groups -OCH3 is 2. The molecule has 0 aliphatic heterocycles. The van der Waals surface area contributed by atoms with Gasteiger partial charge in [0.25, 0.3) is 5.69 Å². The van der Waals surface area contributed by atoms with Crippen LogP contribution < -0.4 is 35.1 Å². The maximum atomic E-state index is 13.2. The number of ether oxygens (including phenoxy) is 3. The zero-order valence-corrected chi connectivity index (χ0v) is 20.3. The molecule has 0 unspecified atom stereocenters. The van der Waals surface area contributed by atoms with Gasteiger partial charge in [-0.1, -0.05) is 17.9 Å². The molecule has 10 heteroatoms. The number of aliphatic hydroxyl groups excluding tert-OH is 1. The highest BCUT2D eigenvalue weighted by Crippen LogP contribution is 2.30. The number of nitro benzene ring substituents is 1. The smallest absolute Gasteiger partial charge is 0.275 e. The lowest BCUT2D eigenvalue weighted by Crippen LogP contribution is -2.20. The standard InChI is InChI=1S/C28H23FN2O7/c1-36-24-11-19(12-25(16-24)37-2)27(32)17-3-5-18(6-4-17)28(33)30-21-13-22(31(34)35)15-26(14-21)38-23-9-7-20(29)8-10-23/h3-16,30,32-33H,1-2H3/p-1. The van der Waals surface area contributed by atoms with Gasteiger partial charge in [0.05, 0.1) is 30.9 Å². The maximum absolute atomic E-state index is 13.2. The van der Waals surface area contributed by atoms with E-state index in [0.29, 0.717) is 27.5 Å². The second kappa shape index (κ2) is 11.2. The molecule has 4 aromatic rings. The fraction of sp³-hybridized carbons (Fsp3) is 0.0714. The molecule has 0 radical (unpaired) electrons. The van der Waals surface area contributed by atoms with Crippen LogP contribution in [0.15, 0.2) is 84.9 Å². The lowest BCUT2D eigenvalue weighted by atomic mass is 10.1. The van der Waals surface area contributed by atoms with E-state index in [9.17, 15) is 24.7 Å². The Morgan fingerprint density at radius 3 is 2.00 bits per heavy atom. The molecule has 0 aliphatic carbocycles. The van der Waals surface area contributed by atoms with Crippen molar-refractivity contribution in [1.82, 2.24) is 0 Å². The van der Waals surface area contributed by atoms with Crippen LogP contribution in [0.1, 0.15) is 5.56 Å². The van der Waals surface area contributed by atoms with Crippen molar-refractivity contribution in [3.8, 4) is 23.0 Å². The summed E-state index contributed by atoms with van der Waals surface area (Å²) < 4.78 is 29.2. The van der Waals surface area contributed by atoms with Gasteiger partial charge in [-0.25, -0.2) is 4.39 Å². The molecular formula is C28H22FN2O7-. The Labute approximate surface area is 216 Å². The van der Waals surface area contributed by atoms with Crippen LogP contribution in [0.2, 0.25) is 0 Å². The van der Waals surface area contributed by atoms with Crippen LogP contribution in [0, 0.1) is 15.9 Å². The number of anilines is 1. The van der Waals surface area contributed by atoms with E-state index in [0.717, 1.165) is 0 Å². The second-order valence-corrected chi connectivity index (χ2v) is 8.01. The number of hydrogen-bond donors (Lipinski definition) is 2. The molecule has 0 fully saturated rings. The summed E-state index contributed by atoms with van der Waals surface area (Å²) in [5.74, 6) is 0.297. The van der Waals surface area contributed by atoms with Gasteiger partial charge < -0.3 is 29.7 Å². The van der Waals surface area contributed by atoms with Gasteiger partial charge in [0.15, 0.2) is 5.88 Å². The van der Waals surface area contributed by atoms with Gasteiger partial charge in [0.1, 0.15) is 28.8 Å². The highest BCUT2D eigenvalue weighted by atomic mass is 19.1. The van der Waals surface area contributed by atoms with Gasteiger partial charge in [0.2, 0.25) is 0 Å². The summed E-state index contributed by atoms with van der Waals surface area (Å²) in [6, 6.07) is 20.0. The normalized spacial score (nSPS) is 10.4. The molecule has 4 aromatic carbocycles. The summed E-state index contributed by atoms with van der Waals surface area (Å²) >= 11 is 0. The number of nitrogens with zero attached hydrogens (tertiary/aromatic N) is 1. The van der Waals surface area contributed by atoms with Crippen LogP contribution in [-0.2, 0) is 0 Å². The van der Waals surface area contributed by atoms with Gasteiger partial charge in [-0.2, -0.15) is 0 Å². The van der Waals surface area contributed by atoms with E-state index in [-0.39, 0.29) is 34.5 Å². The summed E-state index contributed by atoms with van der Waals surface area (Å²) in [6.07, 6.45) is 0. The van der Waals surface area contributed by atoms with Crippen molar-refractivity contribution in [3.63, 3.8) is 0 Å². The van der Waals surface area contributed by atoms with Crippen molar-refractivity contribution in [2.75, 3.05) is 19.5 Å². The Bertz CT molecular complexity index is 1560. The summed E-state index contributed by atoms with van der Waals surface area (Å²) in [5, 5.41) is 38.4. The Kier molecular flexibility index (Phi) is 7.62. The minimum absolute atomic E-state index is 0.107. The third-order valence-electron chi connectivity index (χ3n) is 5.45. The molecule has 0 aromatic heterocycles. The molecule has 0 aliphatic rings. The Balaban J connectivity index is 1.64. The number of benzene rings is 4. The van der Waals surface area contributed by atoms with E-state index in [2.05, 4.69) is 5.32 Å². The van der Waals surface area contributed by atoms with Crippen molar-refractivity contribution in [3.05, 3.63) is 117 Å². The molecule has 2 N–H and O–H groups in total.